The van der Waals surface area contributed by atoms with Crippen molar-refractivity contribution in [3.05, 3.63) is 24.3 Å². The van der Waals surface area contributed by atoms with Crippen LogP contribution in [0.3, 0.4) is 0 Å². The Bertz CT molecular complexity index is 1620. The average molecular weight is 1300 g/mol. The van der Waals surface area contributed by atoms with Crippen molar-refractivity contribution in [2.24, 2.45) is 0 Å². The van der Waals surface area contributed by atoms with E-state index < -0.39 is 86.8 Å². The fourth-order valence-corrected chi connectivity index (χ4v) is 13.2. The molecule has 91 heavy (non-hydrogen) atoms. The van der Waals surface area contributed by atoms with Gasteiger partial charge in [0.2, 0.25) is 5.91 Å². The summed E-state index contributed by atoms with van der Waals surface area (Å²) in [6, 6.07) is -0.915. The van der Waals surface area contributed by atoms with E-state index in [2.05, 4.69) is 31.3 Å². The Morgan fingerprint density at radius 1 is 0.385 bits per heavy atom. The van der Waals surface area contributed by atoms with Gasteiger partial charge >= 0.3 is 0 Å². The van der Waals surface area contributed by atoms with Crippen LogP contribution in [-0.4, -0.2) is 140 Å². The predicted molar refractivity (Wildman–Crippen MR) is 374 cm³/mol. The first-order valence-electron chi connectivity index (χ1n) is 39.1. The van der Waals surface area contributed by atoms with Crippen LogP contribution in [0, 0.1) is 0 Å². The van der Waals surface area contributed by atoms with Crippen molar-refractivity contribution in [2.45, 2.75) is 441 Å². The summed E-state index contributed by atoms with van der Waals surface area (Å²) in [6.07, 6.45) is 62.5. The number of aliphatic hydroxyl groups is 8. The molecule has 0 aromatic heterocycles. The minimum atomic E-state index is -1.79. The first kappa shape index (κ1) is 85.6. The van der Waals surface area contributed by atoms with Crippen LogP contribution < -0.4 is 5.32 Å². The number of allylic oxidation sites excluding steroid dienone is 3. The lowest BCUT2D eigenvalue weighted by molar-refractivity contribution is -0.359. The molecule has 12 atom stereocenters. The highest BCUT2D eigenvalue weighted by atomic mass is 16.7. The van der Waals surface area contributed by atoms with Gasteiger partial charge in [-0.2, -0.15) is 0 Å². The highest BCUT2D eigenvalue weighted by molar-refractivity contribution is 5.76. The minimum Gasteiger partial charge on any atom is -0.394 e. The van der Waals surface area contributed by atoms with Crippen molar-refractivity contribution >= 4 is 5.91 Å². The summed E-state index contributed by atoms with van der Waals surface area (Å²) < 4.78 is 22.9. The number of hydrogen-bond donors (Lipinski definition) is 9. The predicted octanol–water partition coefficient (Wildman–Crippen LogP) is 17.1. The van der Waals surface area contributed by atoms with E-state index in [0.29, 0.717) is 6.42 Å². The van der Waals surface area contributed by atoms with E-state index in [9.17, 15) is 45.6 Å². The number of aliphatic hydroxyl groups excluding tert-OH is 8. The number of carbonyl (C=O) groups excluding carboxylic acids is 1. The third kappa shape index (κ3) is 45.6. The molecular formula is C77H147NO13. The summed E-state index contributed by atoms with van der Waals surface area (Å²) in [5.74, 6) is -0.232. The number of carbonyl (C=O) groups is 1. The molecule has 0 radical (unpaired) electrons. The maximum Gasteiger partial charge on any atom is 0.220 e. The molecule has 0 aliphatic carbocycles. The molecule has 0 saturated carbocycles. The fourth-order valence-electron chi connectivity index (χ4n) is 13.2. The number of amides is 1. The standard InChI is InChI=1S/C77H147NO13/c1-3-5-7-9-11-13-15-17-19-21-23-25-27-29-30-31-32-33-34-35-37-38-40-42-44-46-48-50-52-54-56-58-60-66(81)65(64-88-76-74(87)72(85)75(68(63-80)90-76)91-77-73(86)71(84)70(83)67(62-79)89-77)78-69(82)61-59-57-55-53-51-49-47-45-43-41-39-36-28-26-24-22-20-18-16-14-12-10-8-6-4-2/h22,24,58,60,65-68,70-77,79-81,83-87H,3-21,23,25-57,59,61-64H2,1-2H3,(H,78,82)/b24-22-,60-58+. The summed E-state index contributed by atoms with van der Waals surface area (Å²) in [7, 11) is 0. The van der Waals surface area contributed by atoms with Crippen LogP contribution in [0.5, 0.6) is 0 Å². The smallest absolute Gasteiger partial charge is 0.220 e. The van der Waals surface area contributed by atoms with Crippen molar-refractivity contribution in [1.29, 1.82) is 0 Å². The molecule has 0 aromatic rings. The third-order valence-electron chi connectivity index (χ3n) is 19.4. The van der Waals surface area contributed by atoms with E-state index in [1.165, 1.54) is 302 Å². The zero-order chi connectivity index (χ0) is 65.9. The number of ether oxygens (including phenoxy) is 4. The van der Waals surface area contributed by atoms with Gasteiger partial charge in [0.25, 0.3) is 0 Å². The minimum absolute atomic E-state index is 0.232. The van der Waals surface area contributed by atoms with Gasteiger partial charge in [-0.15, -0.1) is 0 Å². The van der Waals surface area contributed by atoms with Gasteiger partial charge in [0.15, 0.2) is 12.6 Å². The molecule has 0 aromatic carbocycles. The highest BCUT2D eigenvalue weighted by Gasteiger charge is 2.51. The molecule has 1 amide bonds. The Hall–Kier alpha value is -1.53. The van der Waals surface area contributed by atoms with Crippen molar-refractivity contribution in [2.75, 3.05) is 19.8 Å². The first-order valence-corrected chi connectivity index (χ1v) is 39.1. The Balaban J connectivity index is 1.63. The summed E-state index contributed by atoms with van der Waals surface area (Å²) in [5, 5.41) is 87.6. The number of nitrogens with one attached hydrogen (secondary N) is 1. The van der Waals surface area contributed by atoms with E-state index in [4.69, 9.17) is 18.9 Å². The number of unbranched alkanes of at least 4 members (excludes halogenated alkanes) is 51. The van der Waals surface area contributed by atoms with Gasteiger partial charge in [-0.05, 0) is 44.9 Å². The molecule has 0 bridgehead atoms. The van der Waals surface area contributed by atoms with Crippen molar-refractivity contribution < 1.29 is 64.6 Å². The second kappa shape index (κ2) is 62.0. The summed E-state index contributed by atoms with van der Waals surface area (Å²) in [4.78, 5) is 13.4. The van der Waals surface area contributed by atoms with Crippen LogP contribution in [0.15, 0.2) is 24.3 Å². The fraction of sp³-hybridized carbons (Fsp3) is 0.935. The summed E-state index contributed by atoms with van der Waals surface area (Å²) in [5.41, 5.74) is 0. The van der Waals surface area contributed by atoms with Crippen LogP contribution in [0.1, 0.15) is 367 Å². The Morgan fingerprint density at radius 2 is 0.692 bits per heavy atom. The second-order valence-corrected chi connectivity index (χ2v) is 27.8. The molecule has 2 heterocycles. The molecule has 2 fully saturated rings. The molecule has 2 aliphatic heterocycles. The SMILES string of the molecule is CCCCCCCCCC/C=C\CCCCCCCCCCCCCCCC(=O)NC(COC1OC(CO)C(OC2OC(CO)C(O)C(O)C2O)C(O)C1O)C(O)/C=C/CCCCCCCCCCCCCCCCCCCCCCCCCCCCCCCC. The van der Waals surface area contributed by atoms with Gasteiger partial charge in [0.1, 0.15) is 48.8 Å². The molecule has 2 rings (SSSR count). The average Bonchev–Trinajstić information content (AvgIpc) is 1.15. The van der Waals surface area contributed by atoms with E-state index in [0.717, 1.165) is 38.5 Å². The van der Waals surface area contributed by atoms with Gasteiger partial charge in [-0.3, -0.25) is 4.79 Å². The van der Waals surface area contributed by atoms with Crippen molar-refractivity contribution in [3.8, 4) is 0 Å². The molecule has 2 saturated heterocycles. The maximum absolute atomic E-state index is 13.4. The third-order valence-corrected chi connectivity index (χ3v) is 19.4. The Morgan fingerprint density at radius 3 is 1.04 bits per heavy atom. The van der Waals surface area contributed by atoms with Crippen molar-refractivity contribution in [1.82, 2.24) is 5.32 Å². The van der Waals surface area contributed by atoms with E-state index >= 15 is 0 Å². The zero-order valence-corrected chi connectivity index (χ0v) is 58.9. The monoisotopic (exact) mass is 1290 g/mol. The number of rotatable bonds is 66. The summed E-state index contributed by atoms with van der Waals surface area (Å²) >= 11 is 0. The van der Waals surface area contributed by atoms with E-state index in [1.807, 2.05) is 6.08 Å². The molecule has 538 valence electrons. The maximum atomic E-state index is 13.4. The van der Waals surface area contributed by atoms with Gasteiger partial charge < -0.3 is 65.1 Å². The van der Waals surface area contributed by atoms with E-state index in [1.54, 1.807) is 6.08 Å². The zero-order valence-electron chi connectivity index (χ0n) is 58.9. The van der Waals surface area contributed by atoms with Crippen LogP contribution >= 0.6 is 0 Å². The Kier molecular flexibility index (Phi) is 58.3. The molecule has 14 nitrogen and oxygen atoms in total. The van der Waals surface area contributed by atoms with Gasteiger partial charge in [0, 0.05) is 6.42 Å². The van der Waals surface area contributed by atoms with Gasteiger partial charge in [-0.25, -0.2) is 0 Å². The molecule has 9 N–H and O–H groups in total. The molecular weight excluding hydrogens is 1150 g/mol. The second-order valence-electron chi connectivity index (χ2n) is 27.8. The molecule has 2 aliphatic rings. The summed E-state index contributed by atoms with van der Waals surface area (Å²) in [6.45, 7) is 2.86. The largest absolute Gasteiger partial charge is 0.394 e. The Labute approximate surface area is 558 Å². The van der Waals surface area contributed by atoms with E-state index in [-0.39, 0.29) is 18.9 Å². The van der Waals surface area contributed by atoms with Gasteiger partial charge in [0.05, 0.1) is 32.0 Å². The van der Waals surface area contributed by atoms with Crippen LogP contribution in [-0.2, 0) is 23.7 Å². The number of hydrogen-bond acceptors (Lipinski definition) is 13. The normalized spacial score (nSPS) is 22.8. The van der Waals surface area contributed by atoms with Crippen LogP contribution in [0.25, 0.3) is 0 Å². The molecule has 14 heteroatoms. The van der Waals surface area contributed by atoms with Gasteiger partial charge in [-0.1, -0.05) is 340 Å². The lowest BCUT2D eigenvalue weighted by Crippen LogP contribution is -2.65. The topological polar surface area (TPSA) is 228 Å². The lowest BCUT2D eigenvalue weighted by Gasteiger charge is -2.46. The van der Waals surface area contributed by atoms with Crippen molar-refractivity contribution in [3.63, 3.8) is 0 Å². The molecule has 12 unspecified atom stereocenters. The lowest BCUT2D eigenvalue weighted by atomic mass is 9.97. The van der Waals surface area contributed by atoms with Crippen LogP contribution in [0.4, 0.5) is 0 Å². The highest BCUT2D eigenvalue weighted by Crippen LogP contribution is 2.30. The van der Waals surface area contributed by atoms with Crippen LogP contribution in [0.2, 0.25) is 0 Å². The quantitative estimate of drug-likeness (QED) is 0.0204. The first-order chi connectivity index (χ1) is 44.6. The molecule has 0 spiro atoms.